The van der Waals surface area contributed by atoms with E-state index < -0.39 is 0 Å². The van der Waals surface area contributed by atoms with Gasteiger partial charge in [0.25, 0.3) is 5.91 Å². The molecule has 4 nitrogen and oxygen atoms in total. The van der Waals surface area contributed by atoms with Crippen LogP contribution in [0.3, 0.4) is 0 Å². The zero-order chi connectivity index (χ0) is 15.2. The molecule has 0 unspecified atom stereocenters. The van der Waals surface area contributed by atoms with E-state index in [1.807, 2.05) is 37.6 Å². The van der Waals surface area contributed by atoms with E-state index in [0.29, 0.717) is 12.1 Å². The van der Waals surface area contributed by atoms with Crippen molar-refractivity contribution in [3.63, 3.8) is 0 Å². The van der Waals surface area contributed by atoms with E-state index >= 15 is 0 Å². The molecule has 2 aromatic rings. The van der Waals surface area contributed by atoms with Crippen molar-refractivity contribution in [2.24, 2.45) is 0 Å². The fourth-order valence-corrected chi connectivity index (χ4v) is 2.64. The van der Waals surface area contributed by atoms with Gasteiger partial charge in [0.15, 0.2) is 0 Å². The number of nitrogens with zero attached hydrogens (tertiary/aromatic N) is 2. The molecule has 0 saturated heterocycles. The van der Waals surface area contributed by atoms with E-state index in [-0.39, 0.29) is 5.91 Å². The first-order chi connectivity index (χ1) is 10.1. The first-order valence-electron chi connectivity index (χ1n) is 7.09. The van der Waals surface area contributed by atoms with Crippen molar-refractivity contribution in [1.29, 1.82) is 0 Å². The van der Waals surface area contributed by atoms with Crippen LogP contribution in [-0.2, 0) is 6.54 Å². The van der Waals surface area contributed by atoms with Crippen LogP contribution in [0.5, 0.6) is 0 Å². The number of carbonyl (C=O) groups is 1. The Kier molecular flexibility index (Phi) is 5.33. The summed E-state index contributed by atoms with van der Waals surface area (Å²) in [4.78, 5) is 18.6. The van der Waals surface area contributed by atoms with Crippen molar-refractivity contribution in [3.05, 3.63) is 45.9 Å². The van der Waals surface area contributed by atoms with Crippen LogP contribution in [0, 0.1) is 6.92 Å². The van der Waals surface area contributed by atoms with Gasteiger partial charge in [-0.1, -0.05) is 13.0 Å². The molecule has 1 heterocycles. The quantitative estimate of drug-likeness (QED) is 0.887. The monoisotopic (exact) mass is 303 g/mol. The van der Waals surface area contributed by atoms with Crippen molar-refractivity contribution in [1.82, 2.24) is 9.88 Å². The third-order valence-electron chi connectivity index (χ3n) is 3.20. The maximum absolute atomic E-state index is 12.6. The highest BCUT2D eigenvalue weighted by Gasteiger charge is 2.16. The third kappa shape index (κ3) is 4.04. The zero-order valence-electron chi connectivity index (χ0n) is 12.7. The van der Waals surface area contributed by atoms with Crippen LogP contribution in [0.25, 0.3) is 0 Å². The van der Waals surface area contributed by atoms with Crippen LogP contribution < -0.4 is 5.32 Å². The second-order valence-electron chi connectivity index (χ2n) is 5.12. The molecule has 1 aromatic carbocycles. The number of aryl methyl sites for hydroxylation is 1. The molecule has 1 aromatic heterocycles. The average Bonchev–Trinajstić information content (AvgIpc) is 2.97. The summed E-state index contributed by atoms with van der Waals surface area (Å²) >= 11 is 1.54. The first-order valence-corrected chi connectivity index (χ1v) is 8.03. The maximum atomic E-state index is 12.6. The number of thiazole rings is 1. The summed E-state index contributed by atoms with van der Waals surface area (Å²) in [5.41, 5.74) is 5.48. The molecule has 0 atom stereocenters. The maximum Gasteiger partial charge on any atom is 0.256 e. The molecule has 1 N–H and O–H groups in total. The number of hydrogen-bond donors (Lipinski definition) is 1. The summed E-state index contributed by atoms with van der Waals surface area (Å²) < 4.78 is 0. The highest BCUT2D eigenvalue weighted by atomic mass is 32.1. The van der Waals surface area contributed by atoms with Crippen molar-refractivity contribution in [2.75, 3.05) is 18.9 Å². The van der Waals surface area contributed by atoms with Gasteiger partial charge in [0.1, 0.15) is 0 Å². The van der Waals surface area contributed by atoms with Gasteiger partial charge in [0.2, 0.25) is 0 Å². The van der Waals surface area contributed by atoms with Crippen LogP contribution in [0.4, 0.5) is 5.69 Å². The number of carbonyl (C=O) groups excluding carboxylic acids is 1. The van der Waals surface area contributed by atoms with Crippen LogP contribution in [0.15, 0.2) is 29.1 Å². The molecule has 0 radical (unpaired) electrons. The fraction of sp³-hybridized carbons (Fsp3) is 0.375. The molecule has 21 heavy (non-hydrogen) atoms. The number of aromatic nitrogens is 1. The van der Waals surface area contributed by atoms with Crippen LogP contribution in [-0.4, -0.2) is 29.4 Å². The molecule has 0 fully saturated rings. The largest absolute Gasteiger partial charge is 0.384 e. The van der Waals surface area contributed by atoms with Crippen molar-refractivity contribution >= 4 is 22.9 Å². The molecule has 112 valence electrons. The van der Waals surface area contributed by atoms with Gasteiger partial charge in [0, 0.05) is 24.7 Å². The molecule has 2 rings (SSSR count). The SMILES string of the molecule is CCCNc1cc(C)ccc1C(=O)N(C)Cc1cscn1. The lowest BCUT2D eigenvalue weighted by Crippen LogP contribution is -2.27. The molecular formula is C16H21N3OS. The average molecular weight is 303 g/mol. The van der Waals surface area contributed by atoms with Gasteiger partial charge >= 0.3 is 0 Å². The number of hydrogen-bond acceptors (Lipinski definition) is 4. The summed E-state index contributed by atoms with van der Waals surface area (Å²) in [7, 11) is 1.81. The normalized spacial score (nSPS) is 10.4. The highest BCUT2D eigenvalue weighted by Crippen LogP contribution is 2.20. The van der Waals surface area contributed by atoms with Gasteiger partial charge in [-0.05, 0) is 31.0 Å². The Labute approximate surface area is 129 Å². The number of benzene rings is 1. The first kappa shape index (κ1) is 15.5. The second-order valence-corrected chi connectivity index (χ2v) is 5.84. The second kappa shape index (κ2) is 7.22. The molecule has 0 aliphatic heterocycles. The molecule has 1 amide bonds. The summed E-state index contributed by atoms with van der Waals surface area (Å²) in [6.07, 6.45) is 1.02. The fourth-order valence-electron chi connectivity index (χ4n) is 2.09. The van der Waals surface area contributed by atoms with E-state index in [2.05, 4.69) is 17.2 Å². The Balaban J connectivity index is 2.17. The van der Waals surface area contributed by atoms with Crippen LogP contribution in [0.2, 0.25) is 0 Å². The Morgan fingerprint density at radius 2 is 2.24 bits per heavy atom. The van der Waals surface area contributed by atoms with Gasteiger partial charge in [0.05, 0.1) is 23.3 Å². The Bertz CT molecular complexity index is 596. The van der Waals surface area contributed by atoms with E-state index in [1.54, 1.807) is 21.7 Å². The highest BCUT2D eigenvalue weighted by molar-refractivity contribution is 7.07. The minimum atomic E-state index is 0.0154. The number of amides is 1. The lowest BCUT2D eigenvalue weighted by atomic mass is 10.1. The number of anilines is 1. The van der Waals surface area contributed by atoms with Gasteiger partial charge in [-0.2, -0.15) is 0 Å². The summed E-state index contributed by atoms with van der Waals surface area (Å²) in [6.45, 7) is 5.53. The van der Waals surface area contributed by atoms with Crippen molar-refractivity contribution < 1.29 is 4.79 Å². The van der Waals surface area contributed by atoms with Crippen LogP contribution >= 0.6 is 11.3 Å². The summed E-state index contributed by atoms with van der Waals surface area (Å²) in [6, 6.07) is 5.90. The molecule has 5 heteroatoms. The zero-order valence-corrected chi connectivity index (χ0v) is 13.5. The predicted octanol–water partition coefficient (Wildman–Crippen LogP) is 3.55. The molecule has 0 spiro atoms. The minimum absolute atomic E-state index is 0.0154. The van der Waals surface area contributed by atoms with E-state index in [4.69, 9.17) is 0 Å². The molecular weight excluding hydrogens is 282 g/mol. The minimum Gasteiger partial charge on any atom is -0.384 e. The number of rotatable bonds is 6. The molecule has 0 aliphatic rings. The van der Waals surface area contributed by atoms with Crippen molar-refractivity contribution in [3.8, 4) is 0 Å². The Hall–Kier alpha value is -1.88. The molecule has 0 aliphatic carbocycles. The van der Waals surface area contributed by atoms with E-state index in [0.717, 1.165) is 29.9 Å². The smallest absolute Gasteiger partial charge is 0.256 e. The number of nitrogens with one attached hydrogen (secondary N) is 1. The summed E-state index contributed by atoms with van der Waals surface area (Å²) in [5, 5.41) is 5.30. The standard InChI is InChI=1S/C16H21N3OS/c1-4-7-17-15-8-12(2)5-6-14(15)16(20)19(3)9-13-10-21-11-18-13/h5-6,8,10-11,17H,4,7,9H2,1-3H3. The Morgan fingerprint density at radius 3 is 2.90 bits per heavy atom. The van der Waals surface area contributed by atoms with Gasteiger partial charge < -0.3 is 10.2 Å². The molecule has 0 bridgehead atoms. The molecule has 0 saturated carbocycles. The predicted molar refractivity (Wildman–Crippen MR) is 87.9 cm³/mol. The lowest BCUT2D eigenvalue weighted by Gasteiger charge is -2.19. The van der Waals surface area contributed by atoms with Crippen LogP contribution in [0.1, 0.15) is 35.0 Å². The summed E-state index contributed by atoms with van der Waals surface area (Å²) in [5.74, 6) is 0.0154. The third-order valence-corrected chi connectivity index (χ3v) is 3.84. The lowest BCUT2D eigenvalue weighted by molar-refractivity contribution is 0.0784. The topological polar surface area (TPSA) is 45.2 Å². The Morgan fingerprint density at radius 1 is 1.43 bits per heavy atom. The van der Waals surface area contributed by atoms with Crippen molar-refractivity contribution in [2.45, 2.75) is 26.8 Å². The van der Waals surface area contributed by atoms with E-state index in [9.17, 15) is 4.79 Å². The van der Waals surface area contributed by atoms with Gasteiger partial charge in [-0.3, -0.25) is 4.79 Å². The van der Waals surface area contributed by atoms with Gasteiger partial charge in [-0.25, -0.2) is 4.98 Å². The van der Waals surface area contributed by atoms with E-state index in [1.165, 1.54) is 0 Å². The van der Waals surface area contributed by atoms with Gasteiger partial charge in [-0.15, -0.1) is 11.3 Å².